The predicted octanol–water partition coefficient (Wildman–Crippen LogP) is 0.611. The molecule has 0 aliphatic carbocycles. The molecule has 16 heteroatoms. The summed E-state index contributed by atoms with van der Waals surface area (Å²) in [4.78, 5) is 97.0. The Kier molecular flexibility index (Phi) is 12.1. The Hall–Kier alpha value is -5.80. The second kappa shape index (κ2) is 15.4. The molecule has 234 valence electrons. The van der Waals surface area contributed by atoms with E-state index in [-0.39, 0.29) is 33.4 Å². The summed E-state index contributed by atoms with van der Waals surface area (Å²) in [5.74, 6) is -10.2. The number of benzene rings is 2. The van der Waals surface area contributed by atoms with Crippen molar-refractivity contribution in [3.05, 3.63) is 69.8 Å². The van der Waals surface area contributed by atoms with Crippen molar-refractivity contribution in [1.82, 2.24) is 0 Å². The van der Waals surface area contributed by atoms with Crippen molar-refractivity contribution < 1.29 is 77.0 Å². The van der Waals surface area contributed by atoms with Gasteiger partial charge >= 0.3 is 47.8 Å². The number of aliphatic carboxylic acids is 2. The molecule has 2 aromatic rings. The molecule has 0 fully saturated rings. The minimum absolute atomic E-state index is 0.0490. The van der Waals surface area contributed by atoms with E-state index in [9.17, 15) is 48.6 Å². The number of carbonyl (C=O) groups excluding carboxylic acids is 6. The summed E-state index contributed by atoms with van der Waals surface area (Å²) in [6.45, 7) is 0. The first kappa shape index (κ1) is 34.4. The molecule has 2 N–H and O–H groups in total. The number of ether oxygens (including phenoxy) is 6. The van der Waals surface area contributed by atoms with Crippen LogP contribution in [-0.2, 0) is 60.4 Å². The third-order valence-corrected chi connectivity index (χ3v) is 5.76. The fourth-order valence-electron chi connectivity index (χ4n) is 3.72. The van der Waals surface area contributed by atoms with Crippen molar-refractivity contribution in [3.63, 3.8) is 0 Å². The molecule has 0 heterocycles. The molecule has 0 aliphatic rings. The quantitative estimate of drug-likeness (QED) is 0.231. The van der Waals surface area contributed by atoms with E-state index in [1.165, 1.54) is 12.1 Å². The van der Waals surface area contributed by atoms with Gasteiger partial charge in [0, 0.05) is 0 Å². The van der Waals surface area contributed by atoms with Crippen LogP contribution in [0.4, 0.5) is 0 Å². The van der Waals surface area contributed by atoms with E-state index in [1.54, 1.807) is 0 Å². The van der Waals surface area contributed by atoms with Crippen molar-refractivity contribution in [2.24, 2.45) is 0 Å². The zero-order valence-electron chi connectivity index (χ0n) is 23.6. The van der Waals surface area contributed by atoms with Crippen molar-refractivity contribution >= 4 is 47.8 Å². The number of carboxylic acid groups (broad SMARTS) is 2. The molecule has 2 aromatic carbocycles. The zero-order chi connectivity index (χ0) is 33.1. The lowest BCUT2D eigenvalue weighted by molar-refractivity contribution is -0.187. The molecular weight excluding hydrogens is 592 g/mol. The molecule has 2 atom stereocenters. The van der Waals surface area contributed by atoms with Gasteiger partial charge in [-0.3, -0.25) is 9.59 Å². The Bertz CT molecular complexity index is 1380. The molecule has 44 heavy (non-hydrogen) atoms. The summed E-state index contributed by atoms with van der Waals surface area (Å²) >= 11 is 0. The monoisotopic (exact) mass is 618 g/mol. The van der Waals surface area contributed by atoms with Crippen molar-refractivity contribution in [1.29, 1.82) is 0 Å². The van der Waals surface area contributed by atoms with Gasteiger partial charge in [-0.25, -0.2) is 28.8 Å². The smallest absolute Gasteiger partial charge is 0.349 e. The standard InChI is InChI=1S/C28H26O16/c1-39-25(35)15-7-5-13(9-17(15)27(37)41-3)11-19(29)43-21(23(31)32)22(24(33)34)44-20(30)12-14-6-8-16(26(36)40-2)18(10-14)28(38)42-4/h5-10,21-22H,11-12H2,1-4H3,(H,31,32)(H,33,34)/t21-,22-/m1/s1. The first-order chi connectivity index (χ1) is 20.8. The number of hydrogen-bond donors (Lipinski definition) is 2. The number of methoxy groups -OCH3 is 4. The van der Waals surface area contributed by atoms with Crippen LogP contribution < -0.4 is 0 Å². The second-order valence-corrected chi connectivity index (χ2v) is 8.58. The lowest BCUT2D eigenvalue weighted by Gasteiger charge is -2.21. The average Bonchev–Trinajstić information content (AvgIpc) is 3.00. The maximum absolute atomic E-state index is 12.6. The van der Waals surface area contributed by atoms with Gasteiger partial charge in [0.25, 0.3) is 0 Å². The molecular formula is C28H26O16. The van der Waals surface area contributed by atoms with Gasteiger partial charge in [0.1, 0.15) is 0 Å². The highest BCUT2D eigenvalue weighted by Crippen LogP contribution is 2.19. The minimum atomic E-state index is -2.51. The van der Waals surface area contributed by atoms with Gasteiger partial charge < -0.3 is 38.6 Å². The van der Waals surface area contributed by atoms with Gasteiger partial charge in [-0.05, 0) is 35.4 Å². The first-order valence-electron chi connectivity index (χ1n) is 12.2. The number of carboxylic acids is 2. The van der Waals surface area contributed by atoms with E-state index >= 15 is 0 Å². The highest BCUT2D eigenvalue weighted by molar-refractivity contribution is 6.04. The van der Waals surface area contributed by atoms with E-state index in [1.807, 2.05) is 0 Å². The molecule has 0 spiro atoms. The van der Waals surface area contributed by atoms with E-state index < -0.39 is 72.8 Å². The Morgan fingerprint density at radius 3 is 1.09 bits per heavy atom. The van der Waals surface area contributed by atoms with Crippen LogP contribution in [0.5, 0.6) is 0 Å². The number of esters is 6. The highest BCUT2D eigenvalue weighted by Gasteiger charge is 2.40. The van der Waals surface area contributed by atoms with Gasteiger partial charge in [0.15, 0.2) is 0 Å². The summed E-state index contributed by atoms with van der Waals surface area (Å²) in [7, 11) is 4.24. The molecule has 2 rings (SSSR count). The van der Waals surface area contributed by atoms with Gasteiger partial charge in [0.05, 0.1) is 63.5 Å². The molecule has 0 saturated carbocycles. The van der Waals surface area contributed by atoms with Crippen LogP contribution in [0.2, 0.25) is 0 Å². The van der Waals surface area contributed by atoms with E-state index in [0.29, 0.717) is 0 Å². The average molecular weight is 619 g/mol. The summed E-state index contributed by atoms with van der Waals surface area (Å²) in [6.07, 6.45) is -6.41. The Morgan fingerprint density at radius 1 is 0.523 bits per heavy atom. The summed E-state index contributed by atoms with van der Waals surface area (Å²) in [5, 5.41) is 19.1. The normalized spacial score (nSPS) is 11.6. The van der Waals surface area contributed by atoms with Crippen LogP contribution in [0.15, 0.2) is 36.4 Å². The van der Waals surface area contributed by atoms with E-state index in [2.05, 4.69) is 18.9 Å². The van der Waals surface area contributed by atoms with Gasteiger partial charge in [-0.1, -0.05) is 12.1 Å². The van der Waals surface area contributed by atoms with Crippen LogP contribution in [0.1, 0.15) is 52.6 Å². The van der Waals surface area contributed by atoms with Crippen LogP contribution in [0.25, 0.3) is 0 Å². The topological polar surface area (TPSA) is 232 Å². The third-order valence-electron chi connectivity index (χ3n) is 5.76. The maximum atomic E-state index is 12.6. The largest absolute Gasteiger partial charge is 0.478 e. The van der Waals surface area contributed by atoms with Gasteiger partial charge in [0.2, 0.25) is 12.2 Å². The van der Waals surface area contributed by atoms with E-state index in [0.717, 1.165) is 52.7 Å². The molecule has 16 nitrogen and oxygen atoms in total. The predicted molar refractivity (Wildman–Crippen MR) is 141 cm³/mol. The molecule has 0 bridgehead atoms. The lowest BCUT2D eigenvalue weighted by Crippen LogP contribution is -2.46. The summed E-state index contributed by atoms with van der Waals surface area (Å²) in [5.41, 5.74) is -0.813. The van der Waals surface area contributed by atoms with Crippen LogP contribution in [0, 0.1) is 0 Å². The third kappa shape index (κ3) is 8.60. The molecule has 0 aliphatic heterocycles. The molecule has 0 aromatic heterocycles. The Morgan fingerprint density at radius 2 is 0.818 bits per heavy atom. The molecule has 0 amide bonds. The lowest BCUT2D eigenvalue weighted by atomic mass is 10.0. The molecule has 0 saturated heterocycles. The second-order valence-electron chi connectivity index (χ2n) is 8.58. The zero-order valence-corrected chi connectivity index (χ0v) is 23.6. The fraction of sp³-hybridized carbons (Fsp3) is 0.286. The number of carbonyl (C=O) groups is 8. The summed E-state index contributed by atoms with van der Waals surface area (Å²) < 4.78 is 28.0. The number of hydrogen-bond acceptors (Lipinski definition) is 14. The first-order valence-corrected chi connectivity index (χ1v) is 12.2. The van der Waals surface area contributed by atoms with Gasteiger partial charge in [-0.15, -0.1) is 0 Å². The summed E-state index contributed by atoms with van der Waals surface area (Å²) in [6, 6.07) is 6.97. The molecule has 0 radical (unpaired) electrons. The van der Waals surface area contributed by atoms with Crippen molar-refractivity contribution in [2.75, 3.05) is 28.4 Å². The van der Waals surface area contributed by atoms with Crippen LogP contribution >= 0.6 is 0 Å². The highest BCUT2D eigenvalue weighted by atomic mass is 16.6. The van der Waals surface area contributed by atoms with Gasteiger partial charge in [-0.2, -0.15) is 0 Å². The molecule has 0 unspecified atom stereocenters. The van der Waals surface area contributed by atoms with Crippen LogP contribution in [-0.4, -0.2) is 98.6 Å². The van der Waals surface area contributed by atoms with Crippen molar-refractivity contribution in [3.8, 4) is 0 Å². The fourth-order valence-corrected chi connectivity index (χ4v) is 3.72. The van der Waals surface area contributed by atoms with Crippen LogP contribution in [0.3, 0.4) is 0 Å². The Balaban J connectivity index is 2.25. The Labute approximate surface area is 248 Å². The SMILES string of the molecule is COC(=O)c1ccc(CC(=O)O[C@@H](C(=O)O)[C@@H](OC(=O)Cc2ccc(C(=O)OC)c(C(=O)OC)c2)C(=O)O)cc1C(=O)OC. The maximum Gasteiger partial charge on any atom is 0.349 e. The van der Waals surface area contributed by atoms with E-state index in [4.69, 9.17) is 9.47 Å². The van der Waals surface area contributed by atoms with Crippen molar-refractivity contribution in [2.45, 2.75) is 25.0 Å². The number of rotatable bonds is 13. The minimum Gasteiger partial charge on any atom is -0.478 e.